The Morgan fingerprint density at radius 1 is 1.28 bits per heavy atom. The molecule has 25 heavy (non-hydrogen) atoms. The van der Waals surface area contributed by atoms with Crippen LogP contribution in [0.4, 0.5) is 5.95 Å². The van der Waals surface area contributed by atoms with Crippen LogP contribution in [0.3, 0.4) is 0 Å². The smallest absolute Gasteiger partial charge is 0.249 e. The van der Waals surface area contributed by atoms with Gasteiger partial charge in [0.05, 0.1) is 25.3 Å². The predicted molar refractivity (Wildman–Crippen MR) is 88.3 cm³/mol. The van der Waals surface area contributed by atoms with E-state index in [1.165, 1.54) is 4.68 Å². The Morgan fingerprint density at radius 3 is 3.08 bits per heavy atom. The van der Waals surface area contributed by atoms with E-state index in [9.17, 15) is 0 Å². The molecule has 0 aliphatic carbocycles. The zero-order chi connectivity index (χ0) is 17.2. The Bertz CT molecular complexity index is 1090. The number of nitrogen functional groups attached to an aromatic ring is 1. The van der Waals surface area contributed by atoms with Gasteiger partial charge in [0, 0.05) is 10.9 Å². The second kappa shape index (κ2) is 6.09. The van der Waals surface area contributed by atoms with Crippen molar-refractivity contribution >= 4 is 28.1 Å². The van der Waals surface area contributed by atoms with Gasteiger partial charge in [0.2, 0.25) is 11.8 Å². The number of nitrogens with zero attached hydrogens (tertiary/aromatic N) is 6. The molecule has 0 spiro atoms. The number of nitrogens with two attached hydrogens (primary N) is 1. The number of benzene rings is 1. The summed E-state index contributed by atoms with van der Waals surface area (Å²) in [5.41, 5.74) is 8.37. The van der Waals surface area contributed by atoms with Crippen LogP contribution in [0.15, 0.2) is 34.9 Å². The molecular formula is C16H13N7O2. The number of nitriles is 1. The summed E-state index contributed by atoms with van der Waals surface area (Å²) in [7, 11) is 0. The highest BCUT2D eigenvalue weighted by Crippen LogP contribution is 2.24. The first-order chi connectivity index (χ1) is 12.3. The molecule has 0 saturated heterocycles. The van der Waals surface area contributed by atoms with Gasteiger partial charge >= 0.3 is 0 Å². The number of ether oxygens (including phenoxy) is 1. The van der Waals surface area contributed by atoms with Crippen molar-refractivity contribution < 1.29 is 9.15 Å². The van der Waals surface area contributed by atoms with Gasteiger partial charge in [0.1, 0.15) is 12.2 Å². The molecule has 0 amide bonds. The van der Waals surface area contributed by atoms with E-state index in [-0.39, 0.29) is 18.4 Å². The van der Waals surface area contributed by atoms with Crippen LogP contribution >= 0.6 is 0 Å². The van der Waals surface area contributed by atoms with Crippen LogP contribution in [0.5, 0.6) is 5.88 Å². The minimum atomic E-state index is 0.0597. The molecule has 0 aliphatic rings. The number of anilines is 1. The monoisotopic (exact) mass is 335 g/mol. The fourth-order valence-electron chi connectivity index (χ4n) is 2.58. The van der Waals surface area contributed by atoms with Gasteiger partial charge in [-0.2, -0.15) is 15.2 Å². The third-order valence-electron chi connectivity index (χ3n) is 3.73. The molecule has 3 aromatic heterocycles. The molecule has 9 nitrogen and oxygen atoms in total. The van der Waals surface area contributed by atoms with Crippen LogP contribution in [-0.2, 0) is 13.2 Å². The zero-order valence-corrected chi connectivity index (χ0v) is 13.1. The van der Waals surface area contributed by atoms with Gasteiger partial charge in [-0.3, -0.25) is 0 Å². The lowest BCUT2D eigenvalue weighted by atomic mass is 10.1. The van der Waals surface area contributed by atoms with E-state index in [2.05, 4.69) is 26.3 Å². The lowest BCUT2D eigenvalue weighted by molar-refractivity contribution is 0.299. The molecule has 0 aliphatic heterocycles. The van der Waals surface area contributed by atoms with Crippen molar-refractivity contribution in [2.45, 2.75) is 19.6 Å². The van der Waals surface area contributed by atoms with E-state index in [0.717, 1.165) is 16.5 Å². The average molecular weight is 335 g/mol. The molecule has 0 bridgehead atoms. The summed E-state index contributed by atoms with van der Waals surface area (Å²) in [6.07, 6.45) is 1.93. The molecule has 3 heterocycles. The molecule has 0 unspecified atom stereocenters. The van der Waals surface area contributed by atoms with Crippen LogP contribution in [0.1, 0.15) is 12.0 Å². The molecule has 2 N–H and O–H groups in total. The summed E-state index contributed by atoms with van der Waals surface area (Å²) in [6, 6.07) is 9.68. The predicted octanol–water partition coefficient (Wildman–Crippen LogP) is 2.04. The summed E-state index contributed by atoms with van der Waals surface area (Å²) >= 11 is 0. The van der Waals surface area contributed by atoms with E-state index in [1.54, 1.807) is 6.26 Å². The molecule has 124 valence electrons. The third-order valence-corrected chi connectivity index (χ3v) is 3.73. The number of fused-ring (bicyclic) bond motifs is 2. The molecule has 0 fully saturated rings. The SMILES string of the molecule is N#CCCn1nnc2c(OCc3cccc4occc34)nc(N)nc21. The molecule has 4 aromatic rings. The number of furan rings is 1. The van der Waals surface area contributed by atoms with E-state index in [4.69, 9.17) is 20.1 Å². The van der Waals surface area contributed by atoms with Crippen molar-refractivity contribution in [3.63, 3.8) is 0 Å². The average Bonchev–Trinajstić information content (AvgIpc) is 3.24. The second-order valence-electron chi connectivity index (χ2n) is 5.32. The normalized spacial score (nSPS) is 11.0. The fourth-order valence-corrected chi connectivity index (χ4v) is 2.58. The van der Waals surface area contributed by atoms with E-state index < -0.39 is 0 Å². The van der Waals surface area contributed by atoms with Gasteiger partial charge in [-0.05, 0) is 12.1 Å². The van der Waals surface area contributed by atoms with E-state index in [1.807, 2.05) is 24.3 Å². The Kier molecular flexibility index (Phi) is 3.63. The molecule has 1 aromatic carbocycles. The van der Waals surface area contributed by atoms with E-state index in [0.29, 0.717) is 24.1 Å². The van der Waals surface area contributed by atoms with Crippen LogP contribution < -0.4 is 10.5 Å². The molecule has 0 saturated carbocycles. The number of aryl methyl sites for hydroxylation is 1. The molecule has 9 heteroatoms. The quantitative estimate of drug-likeness (QED) is 0.586. The summed E-state index contributed by atoms with van der Waals surface area (Å²) in [6.45, 7) is 0.644. The van der Waals surface area contributed by atoms with Gasteiger partial charge in [-0.1, -0.05) is 17.3 Å². The van der Waals surface area contributed by atoms with Crippen molar-refractivity contribution in [2.75, 3.05) is 5.73 Å². The van der Waals surface area contributed by atoms with Crippen LogP contribution in [0.2, 0.25) is 0 Å². The maximum atomic E-state index is 8.72. The molecule has 0 atom stereocenters. The van der Waals surface area contributed by atoms with Gasteiger partial charge in [0.15, 0.2) is 11.2 Å². The van der Waals surface area contributed by atoms with E-state index >= 15 is 0 Å². The topological polar surface area (TPSA) is 129 Å². The Morgan fingerprint density at radius 2 is 2.20 bits per heavy atom. The van der Waals surface area contributed by atoms with Crippen LogP contribution in [-0.4, -0.2) is 25.0 Å². The Hall–Kier alpha value is -3.67. The lowest BCUT2D eigenvalue weighted by Crippen LogP contribution is -2.05. The minimum absolute atomic E-state index is 0.0597. The summed E-state index contributed by atoms with van der Waals surface area (Å²) in [5, 5.41) is 17.7. The molecule has 0 radical (unpaired) electrons. The highest BCUT2D eigenvalue weighted by Gasteiger charge is 2.15. The van der Waals surface area contributed by atoms with Gasteiger partial charge in [-0.25, -0.2) is 4.68 Å². The van der Waals surface area contributed by atoms with Crippen LogP contribution in [0.25, 0.3) is 22.1 Å². The first-order valence-corrected chi connectivity index (χ1v) is 7.58. The van der Waals surface area contributed by atoms with Crippen molar-refractivity contribution in [1.29, 1.82) is 5.26 Å². The standard InChI is InChI=1S/C16H13N7O2/c17-6-2-7-23-14-13(21-22-23)15(20-16(18)19-14)25-9-10-3-1-4-12-11(10)5-8-24-12/h1,3-5,8H,2,7,9H2,(H2,18,19,20). The minimum Gasteiger partial charge on any atom is -0.471 e. The van der Waals surface area contributed by atoms with Crippen molar-refractivity contribution in [2.24, 2.45) is 0 Å². The maximum absolute atomic E-state index is 8.72. The van der Waals surface area contributed by atoms with Crippen molar-refractivity contribution in [3.05, 3.63) is 36.1 Å². The lowest BCUT2D eigenvalue weighted by Gasteiger charge is -2.07. The molecular weight excluding hydrogens is 322 g/mol. The maximum Gasteiger partial charge on any atom is 0.249 e. The second-order valence-corrected chi connectivity index (χ2v) is 5.32. The van der Waals surface area contributed by atoms with Crippen LogP contribution in [0, 0.1) is 11.3 Å². The molecule has 4 rings (SSSR count). The summed E-state index contributed by atoms with van der Waals surface area (Å²) < 4.78 is 12.7. The Balaban J connectivity index is 1.66. The number of rotatable bonds is 5. The number of hydrogen-bond donors (Lipinski definition) is 1. The highest BCUT2D eigenvalue weighted by atomic mass is 16.5. The van der Waals surface area contributed by atoms with Crippen molar-refractivity contribution in [3.8, 4) is 11.9 Å². The Labute approximate surface area is 141 Å². The highest BCUT2D eigenvalue weighted by molar-refractivity contribution is 5.81. The first-order valence-electron chi connectivity index (χ1n) is 7.58. The summed E-state index contributed by atoms with van der Waals surface area (Å²) in [4.78, 5) is 8.26. The first kappa shape index (κ1) is 14.9. The number of aromatic nitrogens is 5. The fraction of sp³-hybridized carbons (Fsp3) is 0.188. The third kappa shape index (κ3) is 2.70. The zero-order valence-electron chi connectivity index (χ0n) is 13.1. The van der Waals surface area contributed by atoms with Gasteiger partial charge in [0.25, 0.3) is 0 Å². The van der Waals surface area contributed by atoms with Crippen molar-refractivity contribution in [1.82, 2.24) is 25.0 Å². The summed E-state index contributed by atoms with van der Waals surface area (Å²) in [5.74, 6) is 0.315. The number of hydrogen-bond acceptors (Lipinski definition) is 8. The largest absolute Gasteiger partial charge is 0.471 e. The van der Waals surface area contributed by atoms with Gasteiger partial charge in [-0.15, -0.1) is 5.10 Å². The van der Waals surface area contributed by atoms with Gasteiger partial charge < -0.3 is 14.9 Å².